The number of amides is 2. The highest BCUT2D eigenvalue weighted by atomic mass is 127. The number of benzene rings is 1. The summed E-state index contributed by atoms with van der Waals surface area (Å²) in [6.45, 7) is 6.38. The van der Waals surface area contributed by atoms with Gasteiger partial charge in [-0.15, -0.1) is 0 Å². The SMILES string of the molecule is CC(C)(C)c1ccc(N2C(=O)C(I)=C(I)C2=O)cc1. The maximum Gasteiger partial charge on any atom is 0.272 e. The Hall–Kier alpha value is -0.440. The molecule has 0 N–H and O–H groups in total. The van der Waals surface area contributed by atoms with E-state index in [4.69, 9.17) is 0 Å². The Morgan fingerprint density at radius 3 is 1.68 bits per heavy atom. The predicted molar refractivity (Wildman–Crippen MR) is 92.7 cm³/mol. The monoisotopic (exact) mass is 481 g/mol. The van der Waals surface area contributed by atoms with E-state index in [1.807, 2.05) is 69.4 Å². The summed E-state index contributed by atoms with van der Waals surface area (Å²) in [7, 11) is 0. The molecule has 2 rings (SSSR count). The number of imide groups is 1. The highest BCUT2D eigenvalue weighted by Gasteiger charge is 2.36. The second kappa shape index (κ2) is 5.16. The predicted octanol–water partition coefficient (Wildman–Crippen LogP) is 3.94. The quantitative estimate of drug-likeness (QED) is 0.451. The Labute approximate surface area is 139 Å². The summed E-state index contributed by atoms with van der Waals surface area (Å²) in [5, 5.41) is 0. The fourth-order valence-corrected chi connectivity index (χ4v) is 2.77. The van der Waals surface area contributed by atoms with Crippen molar-refractivity contribution in [2.75, 3.05) is 4.90 Å². The van der Waals surface area contributed by atoms with Gasteiger partial charge in [-0.05, 0) is 68.3 Å². The Bertz CT molecular complexity index is 558. The van der Waals surface area contributed by atoms with Crippen molar-refractivity contribution in [3.8, 4) is 0 Å². The molecular weight excluding hydrogens is 468 g/mol. The van der Waals surface area contributed by atoms with E-state index in [-0.39, 0.29) is 17.2 Å². The van der Waals surface area contributed by atoms with Gasteiger partial charge < -0.3 is 0 Å². The molecule has 0 aromatic heterocycles. The van der Waals surface area contributed by atoms with Crippen LogP contribution in [-0.4, -0.2) is 11.8 Å². The Kier molecular flexibility index (Phi) is 4.06. The summed E-state index contributed by atoms with van der Waals surface area (Å²) in [6, 6.07) is 7.59. The molecule has 0 spiro atoms. The van der Waals surface area contributed by atoms with Crippen LogP contribution >= 0.6 is 45.2 Å². The molecule has 0 saturated heterocycles. The Balaban J connectivity index is 2.36. The van der Waals surface area contributed by atoms with E-state index in [9.17, 15) is 9.59 Å². The summed E-state index contributed by atoms with van der Waals surface area (Å²) < 4.78 is 0.978. The first-order chi connectivity index (χ1) is 8.73. The minimum Gasteiger partial charge on any atom is -0.268 e. The largest absolute Gasteiger partial charge is 0.272 e. The zero-order valence-electron chi connectivity index (χ0n) is 10.8. The van der Waals surface area contributed by atoms with Gasteiger partial charge in [0, 0.05) is 0 Å². The number of rotatable bonds is 1. The first-order valence-electron chi connectivity index (χ1n) is 5.78. The fraction of sp³-hybridized carbons (Fsp3) is 0.286. The Morgan fingerprint density at radius 2 is 1.32 bits per heavy atom. The first-order valence-corrected chi connectivity index (χ1v) is 7.94. The number of carbonyl (C=O) groups excluding carboxylic acids is 2. The van der Waals surface area contributed by atoms with E-state index in [1.54, 1.807) is 0 Å². The average molecular weight is 481 g/mol. The normalized spacial score (nSPS) is 16.6. The van der Waals surface area contributed by atoms with Crippen LogP contribution in [0.4, 0.5) is 5.69 Å². The number of hydrogen-bond acceptors (Lipinski definition) is 2. The first kappa shape index (κ1) is 15.0. The van der Waals surface area contributed by atoms with E-state index in [2.05, 4.69) is 20.8 Å². The summed E-state index contributed by atoms with van der Waals surface area (Å²) in [6.07, 6.45) is 0. The minimum atomic E-state index is -0.237. The van der Waals surface area contributed by atoms with E-state index in [0.717, 1.165) is 0 Å². The van der Waals surface area contributed by atoms with E-state index >= 15 is 0 Å². The van der Waals surface area contributed by atoms with Crippen LogP contribution in [0, 0.1) is 0 Å². The smallest absolute Gasteiger partial charge is 0.268 e. The molecule has 0 unspecified atom stereocenters. The van der Waals surface area contributed by atoms with Gasteiger partial charge in [0.2, 0.25) is 0 Å². The van der Waals surface area contributed by atoms with Crippen LogP contribution in [-0.2, 0) is 15.0 Å². The van der Waals surface area contributed by atoms with Crippen LogP contribution in [0.2, 0.25) is 0 Å². The van der Waals surface area contributed by atoms with Gasteiger partial charge in [-0.25, -0.2) is 4.90 Å². The Morgan fingerprint density at radius 1 is 0.895 bits per heavy atom. The van der Waals surface area contributed by atoms with E-state index < -0.39 is 0 Å². The van der Waals surface area contributed by atoms with Crippen LogP contribution < -0.4 is 4.90 Å². The lowest BCUT2D eigenvalue weighted by atomic mass is 9.87. The average Bonchev–Trinajstić information content (AvgIpc) is 2.53. The molecule has 0 bridgehead atoms. The molecular formula is C14H13I2NO2. The minimum absolute atomic E-state index is 0.0542. The van der Waals surface area contributed by atoms with Gasteiger partial charge >= 0.3 is 0 Å². The standard InChI is InChI=1S/C14H13I2NO2/c1-14(2,3)8-4-6-9(7-5-8)17-12(18)10(15)11(16)13(17)19/h4-7H,1-3H3. The number of hydrogen-bond donors (Lipinski definition) is 0. The van der Waals surface area contributed by atoms with Gasteiger partial charge in [0.05, 0.1) is 12.8 Å². The number of anilines is 1. The molecule has 0 radical (unpaired) electrons. The maximum atomic E-state index is 12.0. The van der Waals surface area contributed by atoms with E-state index in [0.29, 0.717) is 12.8 Å². The van der Waals surface area contributed by atoms with Crippen molar-refractivity contribution in [1.29, 1.82) is 0 Å². The van der Waals surface area contributed by atoms with Gasteiger partial charge in [0.15, 0.2) is 0 Å². The molecule has 1 aromatic carbocycles. The third kappa shape index (κ3) is 2.72. The zero-order chi connectivity index (χ0) is 14.4. The maximum absolute atomic E-state index is 12.0. The second-order valence-corrected chi connectivity index (χ2v) is 7.53. The highest BCUT2D eigenvalue weighted by Crippen LogP contribution is 2.34. The van der Waals surface area contributed by atoms with Crippen molar-refractivity contribution in [2.24, 2.45) is 0 Å². The molecule has 1 aromatic rings. The van der Waals surface area contributed by atoms with Gasteiger partial charge in [0.1, 0.15) is 0 Å². The van der Waals surface area contributed by atoms with Crippen molar-refractivity contribution >= 4 is 62.7 Å². The van der Waals surface area contributed by atoms with E-state index in [1.165, 1.54) is 10.5 Å². The molecule has 1 aliphatic rings. The van der Waals surface area contributed by atoms with Gasteiger partial charge in [-0.1, -0.05) is 32.9 Å². The summed E-state index contributed by atoms with van der Waals surface area (Å²) in [4.78, 5) is 25.3. The van der Waals surface area contributed by atoms with Gasteiger partial charge in [-0.2, -0.15) is 0 Å². The third-order valence-corrected chi connectivity index (χ3v) is 6.00. The highest BCUT2D eigenvalue weighted by molar-refractivity contribution is 14.1. The fourth-order valence-electron chi connectivity index (χ4n) is 1.82. The van der Waals surface area contributed by atoms with Crippen molar-refractivity contribution in [3.05, 3.63) is 37.0 Å². The number of halogens is 2. The molecule has 1 aliphatic heterocycles. The van der Waals surface area contributed by atoms with Gasteiger partial charge in [0.25, 0.3) is 11.8 Å². The molecule has 0 saturated carbocycles. The van der Waals surface area contributed by atoms with Crippen LogP contribution in [0.3, 0.4) is 0 Å². The van der Waals surface area contributed by atoms with Crippen molar-refractivity contribution in [1.82, 2.24) is 0 Å². The molecule has 2 amide bonds. The molecule has 0 aliphatic carbocycles. The number of nitrogens with zero attached hydrogens (tertiary/aromatic N) is 1. The van der Waals surface area contributed by atoms with Crippen LogP contribution in [0.5, 0.6) is 0 Å². The summed E-state index contributed by atoms with van der Waals surface area (Å²) >= 11 is 3.84. The molecule has 1 heterocycles. The lowest BCUT2D eigenvalue weighted by Gasteiger charge is -2.21. The van der Waals surface area contributed by atoms with Crippen LogP contribution in [0.25, 0.3) is 0 Å². The topological polar surface area (TPSA) is 37.4 Å². The summed E-state index contributed by atoms with van der Waals surface area (Å²) in [5.41, 5.74) is 1.86. The van der Waals surface area contributed by atoms with Crippen LogP contribution in [0.1, 0.15) is 26.3 Å². The molecule has 0 fully saturated rings. The number of carbonyl (C=O) groups is 2. The summed E-state index contributed by atoms with van der Waals surface area (Å²) in [5.74, 6) is -0.475. The van der Waals surface area contributed by atoms with Crippen molar-refractivity contribution < 1.29 is 9.59 Å². The molecule has 3 nitrogen and oxygen atoms in total. The lowest BCUT2D eigenvalue weighted by molar-refractivity contribution is -0.120. The van der Waals surface area contributed by atoms with Crippen LogP contribution in [0.15, 0.2) is 31.4 Å². The van der Waals surface area contributed by atoms with Crippen molar-refractivity contribution in [2.45, 2.75) is 26.2 Å². The zero-order valence-corrected chi connectivity index (χ0v) is 15.1. The molecule has 0 atom stereocenters. The lowest BCUT2D eigenvalue weighted by Crippen LogP contribution is -2.30. The molecule has 19 heavy (non-hydrogen) atoms. The molecule has 100 valence electrons. The van der Waals surface area contributed by atoms with Crippen molar-refractivity contribution in [3.63, 3.8) is 0 Å². The molecule has 5 heteroatoms. The third-order valence-electron chi connectivity index (χ3n) is 2.97. The van der Waals surface area contributed by atoms with Gasteiger partial charge in [-0.3, -0.25) is 9.59 Å². The second-order valence-electron chi connectivity index (χ2n) is 5.37.